The van der Waals surface area contributed by atoms with E-state index in [4.69, 9.17) is 10.5 Å². The normalized spacial score (nSPS) is 26.1. The molecule has 0 amide bonds. The van der Waals surface area contributed by atoms with E-state index in [1.165, 1.54) is 32.1 Å². The summed E-state index contributed by atoms with van der Waals surface area (Å²) in [4.78, 5) is 0. The van der Waals surface area contributed by atoms with Crippen LogP contribution in [-0.2, 0) is 4.74 Å². The summed E-state index contributed by atoms with van der Waals surface area (Å²) >= 11 is 0. The van der Waals surface area contributed by atoms with Crippen LogP contribution in [0.5, 0.6) is 0 Å². The lowest BCUT2D eigenvalue weighted by Gasteiger charge is -2.39. The molecule has 17 heavy (non-hydrogen) atoms. The van der Waals surface area contributed by atoms with E-state index in [-0.39, 0.29) is 5.60 Å². The highest BCUT2D eigenvalue weighted by Crippen LogP contribution is 2.36. The van der Waals surface area contributed by atoms with Crippen LogP contribution in [-0.4, -0.2) is 18.8 Å². The Morgan fingerprint density at radius 1 is 1.24 bits per heavy atom. The third-order valence-corrected chi connectivity index (χ3v) is 4.05. The van der Waals surface area contributed by atoms with E-state index in [0.717, 1.165) is 30.9 Å². The van der Waals surface area contributed by atoms with Crippen molar-refractivity contribution in [3.63, 3.8) is 0 Å². The second-order valence-corrected chi connectivity index (χ2v) is 6.67. The van der Waals surface area contributed by atoms with Crippen LogP contribution in [0, 0.1) is 17.8 Å². The molecule has 1 heterocycles. The number of hydrogen-bond acceptors (Lipinski definition) is 2. The van der Waals surface area contributed by atoms with Gasteiger partial charge in [0.05, 0.1) is 5.60 Å². The van der Waals surface area contributed by atoms with Crippen LogP contribution in [0.25, 0.3) is 0 Å². The number of ether oxygens (including phenoxy) is 1. The molecule has 1 saturated heterocycles. The molecule has 0 aromatic heterocycles. The Labute approximate surface area is 107 Å². The number of hydrogen-bond donors (Lipinski definition) is 1. The summed E-state index contributed by atoms with van der Waals surface area (Å²) in [5, 5.41) is 0. The summed E-state index contributed by atoms with van der Waals surface area (Å²) in [5.41, 5.74) is 5.86. The second-order valence-electron chi connectivity index (χ2n) is 6.67. The minimum Gasteiger partial charge on any atom is -0.376 e. The fraction of sp³-hybridized carbons (Fsp3) is 1.00. The highest BCUT2D eigenvalue weighted by Gasteiger charge is 2.32. The van der Waals surface area contributed by atoms with Crippen LogP contribution < -0.4 is 5.73 Å². The third kappa shape index (κ3) is 5.39. The maximum absolute atomic E-state index is 5.82. The molecule has 2 nitrogen and oxygen atoms in total. The summed E-state index contributed by atoms with van der Waals surface area (Å²) < 4.78 is 5.82. The summed E-state index contributed by atoms with van der Waals surface area (Å²) in [6.45, 7) is 10.8. The van der Waals surface area contributed by atoms with Crippen LogP contribution in [0.15, 0.2) is 0 Å². The molecule has 0 spiro atoms. The molecule has 0 radical (unpaired) electrons. The van der Waals surface area contributed by atoms with Crippen molar-refractivity contribution < 1.29 is 4.74 Å². The molecule has 1 aliphatic rings. The highest BCUT2D eigenvalue weighted by molar-refractivity contribution is 4.83. The van der Waals surface area contributed by atoms with Gasteiger partial charge in [0.25, 0.3) is 0 Å². The highest BCUT2D eigenvalue weighted by atomic mass is 16.5. The smallest absolute Gasteiger partial charge is 0.0629 e. The Kier molecular flexibility index (Phi) is 5.94. The van der Waals surface area contributed by atoms with Gasteiger partial charge in [-0.2, -0.15) is 0 Å². The van der Waals surface area contributed by atoms with Crippen LogP contribution in [0.4, 0.5) is 0 Å². The Morgan fingerprint density at radius 3 is 2.47 bits per heavy atom. The first-order valence-electron chi connectivity index (χ1n) is 7.28. The zero-order chi connectivity index (χ0) is 12.9. The van der Waals surface area contributed by atoms with Gasteiger partial charge in [-0.15, -0.1) is 0 Å². The van der Waals surface area contributed by atoms with Gasteiger partial charge in [-0.1, -0.05) is 20.3 Å². The maximum atomic E-state index is 5.82. The Bertz CT molecular complexity index is 213. The molecule has 0 aromatic rings. The summed E-state index contributed by atoms with van der Waals surface area (Å²) in [6, 6.07) is 0. The summed E-state index contributed by atoms with van der Waals surface area (Å²) in [6.07, 6.45) is 6.30. The summed E-state index contributed by atoms with van der Waals surface area (Å²) in [7, 11) is 0. The largest absolute Gasteiger partial charge is 0.376 e. The van der Waals surface area contributed by atoms with E-state index >= 15 is 0 Å². The Morgan fingerprint density at radius 2 is 1.94 bits per heavy atom. The van der Waals surface area contributed by atoms with E-state index in [0.29, 0.717) is 0 Å². The van der Waals surface area contributed by atoms with Crippen LogP contribution in [0.1, 0.15) is 59.8 Å². The van der Waals surface area contributed by atoms with Gasteiger partial charge in [-0.05, 0) is 63.8 Å². The summed E-state index contributed by atoms with van der Waals surface area (Å²) in [5.74, 6) is 2.44. The number of rotatable bonds is 6. The van der Waals surface area contributed by atoms with Crippen LogP contribution in [0.3, 0.4) is 0 Å². The van der Waals surface area contributed by atoms with Gasteiger partial charge in [-0.3, -0.25) is 0 Å². The molecule has 0 unspecified atom stereocenters. The van der Waals surface area contributed by atoms with Crippen molar-refractivity contribution in [1.82, 2.24) is 0 Å². The van der Waals surface area contributed by atoms with Crippen LogP contribution >= 0.6 is 0 Å². The van der Waals surface area contributed by atoms with Gasteiger partial charge in [0.2, 0.25) is 0 Å². The molecule has 102 valence electrons. The van der Waals surface area contributed by atoms with Gasteiger partial charge in [-0.25, -0.2) is 0 Å². The minimum atomic E-state index is 0.0770. The first-order valence-corrected chi connectivity index (χ1v) is 7.28. The molecule has 0 saturated carbocycles. The topological polar surface area (TPSA) is 35.2 Å². The van der Waals surface area contributed by atoms with Gasteiger partial charge >= 0.3 is 0 Å². The fourth-order valence-electron chi connectivity index (χ4n) is 3.06. The van der Waals surface area contributed by atoms with Gasteiger partial charge in [0.1, 0.15) is 0 Å². The predicted octanol–water partition coefficient (Wildman–Crippen LogP) is 3.59. The van der Waals surface area contributed by atoms with Crippen molar-refractivity contribution in [2.24, 2.45) is 23.5 Å². The van der Waals surface area contributed by atoms with E-state index in [1.807, 2.05) is 0 Å². The maximum Gasteiger partial charge on any atom is 0.0629 e. The van der Waals surface area contributed by atoms with Crippen molar-refractivity contribution in [3.8, 4) is 0 Å². The lowest BCUT2D eigenvalue weighted by atomic mass is 9.76. The minimum absolute atomic E-state index is 0.0770. The van der Waals surface area contributed by atoms with Gasteiger partial charge in [0.15, 0.2) is 0 Å². The molecular formula is C15H31NO. The first kappa shape index (κ1) is 15.0. The molecule has 1 aliphatic heterocycles. The van der Waals surface area contributed by atoms with Crippen molar-refractivity contribution in [2.45, 2.75) is 65.4 Å². The third-order valence-electron chi connectivity index (χ3n) is 4.05. The molecule has 0 aliphatic carbocycles. The van der Waals surface area contributed by atoms with Crippen molar-refractivity contribution >= 4 is 0 Å². The lowest BCUT2D eigenvalue weighted by Crippen LogP contribution is -2.37. The van der Waals surface area contributed by atoms with Gasteiger partial charge < -0.3 is 10.5 Å². The van der Waals surface area contributed by atoms with E-state index in [9.17, 15) is 0 Å². The Balaban J connectivity index is 2.50. The molecular weight excluding hydrogens is 210 g/mol. The molecule has 2 N–H and O–H groups in total. The predicted molar refractivity (Wildman–Crippen MR) is 74.0 cm³/mol. The lowest BCUT2D eigenvalue weighted by molar-refractivity contribution is -0.0838. The van der Waals surface area contributed by atoms with E-state index in [2.05, 4.69) is 27.7 Å². The first-order chi connectivity index (χ1) is 7.94. The zero-order valence-electron chi connectivity index (χ0n) is 12.2. The average Bonchev–Trinajstić information content (AvgIpc) is 2.22. The fourth-order valence-corrected chi connectivity index (χ4v) is 3.06. The Hall–Kier alpha value is -0.0800. The quantitative estimate of drug-likeness (QED) is 0.771. The average molecular weight is 241 g/mol. The van der Waals surface area contributed by atoms with Crippen molar-refractivity contribution in [2.75, 3.05) is 13.2 Å². The standard InChI is InChI=1S/C15H31NO/c1-12(2)5-6-13(7-9-16)14-8-10-17-15(3,4)11-14/h12-14H,5-11,16H2,1-4H3/t13-,14-/m0/s1. The van der Waals surface area contributed by atoms with Crippen LogP contribution in [0.2, 0.25) is 0 Å². The zero-order valence-corrected chi connectivity index (χ0v) is 12.2. The van der Waals surface area contributed by atoms with E-state index in [1.54, 1.807) is 0 Å². The monoisotopic (exact) mass is 241 g/mol. The van der Waals surface area contributed by atoms with E-state index < -0.39 is 0 Å². The molecule has 0 aromatic carbocycles. The molecule has 0 bridgehead atoms. The van der Waals surface area contributed by atoms with Gasteiger partial charge in [0, 0.05) is 6.61 Å². The molecule has 1 fully saturated rings. The molecule has 2 atom stereocenters. The second kappa shape index (κ2) is 6.75. The van der Waals surface area contributed by atoms with Crippen molar-refractivity contribution in [3.05, 3.63) is 0 Å². The SMILES string of the molecule is CC(C)CC[C@@H](CCN)[C@H]1CCOC(C)(C)C1. The molecule has 2 heteroatoms. The number of nitrogens with two attached hydrogens (primary N) is 1. The molecule has 1 rings (SSSR count). The van der Waals surface area contributed by atoms with Crippen molar-refractivity contribution in [1.29, 1.82) is 0 Å².